The van der Waals surface area contributed by atoms with E-state index in [1.165, 1.54) is 16.9 Å². The maximum absolute atomic E-state index is 13.8. The summed E-state index contributed by atoms with van der Waals surface area (Å²) < 4.78 is 8.72. The molecule has 3 aromatic carbocycles. The van der Waals surface area contributed by atoms with E-state index in [0.717, 1.165) is 46.6 Å². The van der Waals surface area contributed by atoms with Crippen LogP contribution in [-0.4, -0.2) is 16.8 Å². The normalized spacial score (nSPS) is 16.9. The number of phenols is 1. The van der Waals surface area contributed by atoms with Crippen molar-refractivity contribution in [2.75, 3.05) is 7.11 Å². The van der Waals surface area contributed by atoms with Gasteiger partial charge in [0.05, 0.1) is 27.9 Å². The molecule has 6 rings (SSSR count). The Kier molecular flexibility index (Phi) is 5.46. The summed E-state index contributed by atoms with van der Waals surface area (Å²) in [5.74, 6) is 0.910. The van der Waals surface area contributed by atoms with Crippen molar-refractivity contribution < 1.29 is 9.84 Å². The topological polar surface area (TPSA) is 63.8 Å². The van der Waals surface area contributed by atoms with E-state index in [1.54, 1.807) is 25.3 Å². The van der Waals surface area contributed by atoms with Gasteiger partial charge >= 0.3 is 0 Å². The molecule has 7 heteroatoms. The van der Waals surface area contributed by atoms with Crippen molar-refractivity contribution in [2.45, 2.75) is 18.9 Å². The molecule has 2 heterocycles. The summed E-state index contributed by atoms with van der Waals surface area (Å²) in [6.45, 7) is 0. The van der Waals surface area contributed by atoms with Crippen LogP contribution in [-0.2, 0) is 6.42 Å². The molecular formula is C28H21BrN2O3S. The molecule has 0 amide bonds. The second-order valence-electron chi connectivity index (χ2n) is 8.57. The number of thiazole rings is 1. The molecule has 35 heavy (non-hydrogen) atoms. The molecule has 4 aromatic rings. The van der Waals surface area contributed by atoms with E-state index in [-0.39, 0.29) is 17.4 Å². The van der Waals surface area contributed by atoms with Gasteiger partial charge in [0.15, 0.2) is 4.80 Å². The van der Waals surface area contributed by atoms with Crippen LogP contribution in [0.25, 0.3) is 11.8 Å². The van der Waals surface area contributed by atoms with E-state index in [0.29, 0.717) is 13.8 Å². The Morgan fingerprint density at radius 3 is 2.74 bits per heavy atom. The fourth-order valence-corrected chi connectivity index (χ4v) is 6.35. The average molecular weight is 545 g/mol. The fraction of sp³-hybridized carbons (Fsp3) is 0.143. The number of hydrogen-bond acceptors (Lipinski definition) is 5. The minimum Gasteiger partial charge on any atom is -0.507 e. The lowest BCUT2D eigenvalue weighted by Crippen LogP contribution is -2.38. The monoisotopic (exact) mass is 544 g/mol. The van der Waals surface area contributed by atoms with Crippen LogP contribution in [0, 0.1) is 0 Å². The summed E-state index contributed by atoms with van der Waals surface area (Å²) in [6, 6.07) is 21.2. The number of fused-ring (bicyclic) bond motifs is 3. The zero-order valence-electron chi connectivity index (χ0n) is 18.9. The third kappa shape index (κ3) is 3.66. The fourth-order valence-electron chi connectivity index (χ4n) is 4.96. The van der Waals surface area contributed by atoms with E-state index >= 15 is 0 Å². The largest absolute Gasteiger partial charge is 0.507 e. The first-order chi connectivity index (χ1) is 17.0. The molecule has 1 aliphatic carbocycles. The number of aryl methyl sites for hydroxylation is 1. The third-order valence-corrected chi connectivity index (χ3v) is 8.19. The number of phenolic OH excluding ortho intramolecular Hbond substituents is 1. The van der Waals surface area contributed by atoms with Gasteiger partial charge in [-0.1, -0.05) is 59.9 Å². The number of aromatic hydroxyl groups is 1. The van der Waals surface area contributed by atoms with Gasteiger partial charge in [0.2, 0.25) is 0 Å². The Morgan fingerprint density at radius 1 is 1.11 bits per heavy atom. The van der Waals surface area contributed by atoms with Crippen LogP contribution in [0.2, 0.25) is 0 Å². The van der Waals surface area contributed by atoms with E-state index in [4.69, 9.17) is 9.73 Å². The second kappa shape index (κ2) is 8.66. The van der Waals surface area contributed by atoms with Crippen molar-refractivity contribution in [1.29, 1.82) is 0 Å². The number of hydrogen-bond donors (Lipinski definition) is 1. The lowest BCUT2D eigenvalue weighted by molar-refractivity contribution is 0.402. The smallest absolute Gasteiger partial charge is 0.271 e. The highest BCUT2D eigenvalue weighted by molar-refractivity contribution is 9.10. The van der Waals surface area contributed by atoms with Gasteiger partial charge in [0.25, 0.3) is 5.56 Å². The predicted molar refractivity (Wildman–Crippen MR) is 142 cm³/mol. The number of nitrogens with zero attached hydrogens (tertiary/aromatic N) is 2. The van der Waals surface area contributed by atoms with E-state index < -0.39 is 0 Å². The predicted octanol–water partition coefficient (Wildman–Crippen LogP) is 4.80. The van der Waals surface area contributed by atoms with Gasteiger partial charge in [-0.15, -0.1) is 0 Å². The Hall–Kier alpha value is -3.42. The summed E-state index contributed by atoms with van der Waals surface area (Å²) in [6.07, 6.45) is 3.58. The summed E-state index contributed by atoms with van der Waals surface area (Å²) in [7, 11) is 1.66. The van der Waals surface area contributed by atoms with E-state index in [1.807, 2.05) is 41.0 Å². The minimum absolute atomic E-state index is 0.0840. The molecule has 1 aromatic heterocycles. The number of aromatic nitrogens is 1. The molecule has 0 bridgehead atoms. The Morgan fingerprint density at radius 2 is 1.91 bits per heavy atom. The SMILES string of the molecule is COc1ccccc1C1C2=C(N=c3sc(=Cc4ccc(O)c(Br)c4)c(=O)n31)c1ccccc1CC2. The van der Waals surface area contributed by atoms with Gasteiger partial charge in [-0.3, -0.25) is 9.36 Å². The van der Waals surface area contributed by atoms with Crippen LogP contribution in [0.15, 0.2) is 86.6 Å². The van der Waals surface area contributed by atoms with Crippen LogP contribution < -0.4 is 19.6 Å². The molecule has 0 radical (unpaired) electrons. The van der Waals surface area contributed by atoms with Crippen molar-refractivity contribution >= 4 is 39.0 Å². The molecule has 2 aliphatic rings. The molecule has 0 fully saturated rings. The van der Waals surface area contributed by atoms with Crippen LogP contribution in [0.5, 0.6) is 11.5 Å². The quantitative estimate of drug-likeness (QED) is 0.403. The zero-order valence-corrected chi connectivity index (χ0v) is 21.3. The van der Waals surface area contributed by atoms with Crippen LogP contribution in [0.3, 0.4) is 0 Å². The molecule has 1 unspecified atom stereocenters. The highest BCUT2D eigenvalue weighted by Gasteiger charge is 2.33. The number of para-hydroxylation sites is 1. The van der Waals surface area contributed by atoms with Crippen LogP contribution in [0.4, 0.5) is 0 Å². The van der Waals surface area contributed by atoms with Crippen LogP contribution >= 0.6 is 27.3 Å². The number of rotatable bonds is 3. The van der Waals surface area contributed by atoms with Gasteiger partial charge in [-0.05, 0) is 69.7 Å². The first-order valence-electron chi connectivity index (χ1n) is 11.3. The molecule has 0 saturated carbocycles. The van der Waals surface area contributed by atoms with Gasteiger partial charge in [0, 0.05) is 11.1 Å². The standard InChI is InChI=1S/C28H21BrN2O3S/c1-34-23-9-5-4-8-19(23)26-20-12-11-17-6-2-3-7-18(17)25(20)30-28-31(26)27(33)24(35-28)15-16-10-13-22(32)21(29)14-16/h2-10,13-15,26,32H,11-12H2,1H3. The Balaban J connectivity index is 1.64. The number of benzene rings is 3. The average Bonchev–Trinajstić information content (AvgIpc) is 3.19. The Bertz CT molecular complexity index is 1700. The summed E-state index contributed by atoms with van der Waals surface area (Å²) in [5.41, 5.74) is 6.21. The molecular weight excluding hydrogens is 524 g/mol. The van der Waals surface area contributed by atoms with Crippen LogP contribution in [0.1, 0.15) is 34.7 Å². The number of allylic oxidation sites excluding steroid dienone is 1. The second-order valence-corrected chi connectivity index (χ2v) is 10.4. The van der Waals surface area contributed by atoms with Crippen molar-refractivity contribution in [3.63, 3.8) is 0 Å². The van der Waals surface area contributed by atoms with Gasteiger partial charge in [0.1, 0.15) is 11.5 Å². The first-order valence-corrected chi connectivity index (χ1v) is 12.9. The van der Waals surface area contributed by atoms with Crippen molar-refractivity contribution in [1.82, 2.24) is 4.57 Å². The number of ether oxygens (including phenoxy) is 1. The molecule has 1 aliphatic heterocycles. The summed E-state index contributed by atoms with van der Waals surface area (Å²) in [4.78, 5) is 19.5. The lowest BCUT2D eigenvalue weighted by Gasteiger charge is -2.31. The maximum Gasteiger partial charge on any atom is 0.271 e. The van der Waals surface area contributed by atoms with Gasteiger partial charge < -0.3 is 9.84 Å². The third-order valence-electron chi connectivity index (χ3n) is 6.58. The summed E-state index contributed by atoms with van der Waals surface area (Å²) in [5, 5.41) is 9.85. The highest BCUT2D eigenvalue weighted by Crippen LogP contribution is 2.43. The molecule has 1 N–H and O–H groups in total. The Labute approximate surface area is 214 Å². The number of methoxy groups -OCH3 is 1. The molecule has 0 saturated heterocycles. The molecule has 1 atom stereocenters. The lowest BCUT2D eigenvalue weighted by atomic mass is 9.83. The van der Waals surface area contributed by atoms with Gasteiger partial charge in [-0.25, -0.2) is 4.99 Å². The number of halogens is 1. The van der Waals surface area contributed by atoms with Gasteiger partial charge in [-0.2, -0.15) is 0 Å². The van der Waals surface area contributed by atoms with Crippen molar-refractivity contribution in [3.05, 3.63) is 119 Å². The molecule has 0 spiro atoms. The zero-order chi connectivity index (χ0) is 24.1. The minimum atomic E-state index is -0.292. The molecule has 174 valence electrons. The maximum atomic E-state index is 13.8. The highest BCUT2D eigenvalue weighted by atomic mass is 79.9. The molecule has 5 nitrogen and oxygen atoms in total. The van der Waals surface area contributed by atoms with E-state index in [9.17, 15) is 9.90 Å². The first kappa shape index (κ1) is 22.1. The van der Waals surface area contributed by atoms with Crippen molar-refractivity contribution in [2.24, 2.45) is 4.99 Å². The summed E-state index contributed by atoms with van der Waals surface area (Å²) >= 11 is 4.74. The van der Waals surface area contributed by atoms with Crippen molar-refractivity contribution in [3.8, 4) is 11.5 Å². The van der Waals surface area contributed by atoms with E-state index in [2.05, 4.69) is 34.1 Å².